The molecule has 194 valence electrons. The summed E-state index contributed by atoms with van der Waals surface area (Å²) in [4.78, 5) is 15.8. The first-order valence-corrected chi connectivity index (χ1v) is 14.8. The molecule has 0 spiro atoms. The molecule has 1 aliphatic rings. The van der Waals surface area contributed by atoms with Gasteiger partial charge in [-0.25, -0.2) is 8.42 Å². The first-order valence-electron chi connectivity index (χ1n) is 12.5. The molecule has 0 aliphatic carbocycles. The van der Waals surface area contributed by atoms with Crippen molar-refractivity contribution in [3.63, 3.8) is 0 Å². The van der Waals surface area contributed by atoms with Crippen molar-refractivity contribution in [3.8, 4) is 0 Å². The van der Waals surface area contributed by atoms with E-state index in [0.29, 0.717) is 31.9 Å². The van der Waals surface area contributed by atoms with Crippen molar-refractivity contribution in [2.75, 3.05) is 31.5 Å². The fraction of sp³-hybridized carbons (Fsp3) is 0.167. The summed E-state index contributed by atoms with van der Waals surface area (Å²) in [6.07, 6.45) is 3.22. The maximum absolute atomic E-state index is 13.4. The largest absolute Gasteiger partial charge is 0.323 e. The predicted octanol–water partition coefficient (Wildman–Crippen LogP) is 5.50. The third kappa shape index (κ3) is 6.11. The lowest BCUT2D eigenvalue weighted by molar-refractivity contribution is -0.111. The maximum Gasteiger partial charge on any atom is 0.248 e. The Morgan fingerprint density at radius 1 is 0.789 bits per heavy atom. The topological polar surface area (TPSA) is 69.7 Å². The van der Waals surface area contributed by atoms with E-state index in [1.165, 1.54) is 17.2 Å². The Hall–Kier alpha value is -3.56. The minimum Gasteiger partial charge on any atom is -0.323 e. The van der Waals surface area contributed by atoms with Crippen LogP contribution in [-0.2, 0) is 14.8 Å². The number of carbonyl (C=O) groups excluding carboxylic acids is 1. The number of hydrogen-bond donors (Lipinski definition) is 1. The van der Waals surface area contributed by atoms with Crippen LogP contribution in [0.3, 0.4) is 0 Å². The van der Waals surface area contributed by atoms with Gasteiger partial charge in [0.05, 0.1) is 10.9 Å². The number of amides is 1. The summed E-state index contributed by atoms with van der Waals surface area (Å²) >= 11 is 1.55. The molecule has 0 unspecified atom stereocenters. The van der Waals surface area contributed by atoms with E-state index in [4.69, 9.17) is 0 Å². The van der Waals surface area contributed by atoms with E-state index in [1.54, 1.807) is 46.0 Å². The van der Waals surface area contributed by atoms with Crippen LogP contribution < -0.4 is 5.32 Å². The van der Waals surface area contributed by atoms with Gasteiger partial charge in [-0.2, -0.15) is 4.31 Å². The van der Waals surface area contributed by atoms with Crippen LogP contribution in [0.2, 0.25) is 0 Å². The number of sulfonamides is 1. The summed E-state index contributed by atoms with van der Waals surface area (Å²) in [5.74, 6) is -0.267. The highest BCUT2D eigenvalue weighted by Crippen LogP contribution is 2.30. The van der Waals surface area contributed by atoms with Crippen LogP contribution in [0.1, 0.15) is 22.0 Å². The summed E-state index contributed by atoms with van der Waals surface area (Å²) in [6, 6.07) is 30.9. The van der Waals surface area contributed by atoms with Crippen LogP contribution in [0.15, 0.2) is 113 Å². The SMILES string of the molecule is O=C(C=Cc1cccs1)Nc1ccc(S(=O)(=O)N2CCN(C(c3ccccc3)c3ccccc3)CC2)cc1. The first kappa shape index (κ1) is 26.1. The van der Waals surface area contributed by atoms with Crippen LogP contribution in [0.25, 0.3) is 6.08 Å². The van der Waals surface area contributed by atoms with E-state index in [1.807, 2.05) is 53.9 Å². The molecule has 0 atom stereocenters. The van der Waals surface area contributed by atoms with Crippen molar-refractivity contribution in [3.05, 3.63) is 125 Å². The van der Waals surface area contributed by atoms with Gasteiger partial charge in [-0.05, 0) is 52.9 Å². The average molecular weight is 544 g/mol. The van der Waals surface area contributed by atoms with Gasteiger partial charge in [0.25, 0.3) is 0 Å². The molecule has 38 heavy (non-hydrogen) atoms. The van der Waals surface area contributed by atoms with Crippen molar-refractivity contribution in [1.29, 1.82) is 0 Å². The van der Waals surface area contributed by atoms with E-state index in [0.717, 1.165) is 4.88 Å². The lowest BCUT2D eigenvalue weighted by Gasteiger charge is -2.39. The van der Waals surface area contributed by atoms with Crippen LogP contribution >= 0.6 is 11.3 Å². The Labute approximate surface area is 227 Å². The molecular formula is C30H29N3O3S2. The quantitative estimate of drug-likeness (QED) is 0.298. The minimum atomic E-state index is -3.64. The summed E-state index contributed by atoms with van der Waals surface area (Å²) in [5, 5.41) is 4.72. The summed E-state index contributed by atoms with van der Waals surface area (Å²) in [5.41, 5.74) is 2.93. The number of anilines is 1. The first-order chi connectivity index (χ1) is 18.5. The van der Waals surface area contributed by atoms with Gasteiger partial charge in [0, 0.05) is 42.8 Å². The van der Waals surface area contributed by atoms with Crippen molar-refractivity contribution in [2.24, 2.45) is 0 Å². The number of piperazine rings is 1. The van der Waals surface area contributed by atoms with E-state index >= 15 is 0 Å². The Kier molecular flexibility index (Phi) is 8.14. The monoisotopic (exact) mass is 543 g/mol. The van der Waals surface area contributed by atoms with Gasteiger partial charge in [-0.3, -0.25) is 9.69 Å². The molecule has 2 heterocycles. The van der Waals surface area contributed by atoms with Gasteiger partial charge in [-0.15, -0.1) is 11.3 Å². The Morgan fingerprint density at radius 2 is 1.39 bits per heavy atom. The number of carbonyl (C=O) groups is 1. The molecule has 0 saturated carbocycles. The summed E-state index contributed by atoms with van der Waals surface area (Å²) < 4.78 is 28.3. The Morgan fingerprint density at radius 3 is 1.95 bits per heavy atom. The average Bonchev–Trinajstić information content (AvgIpc) is 3.48. The third-order valence-corrected chi connectivity index (χ3v) is 9.32. The second kappa shape index (κ2) is 11.9. The van der Waals surface area contributed by atoms with Gasteiger partial charge < -0.3 is 5.32 Å². The smallest absolute Gasteiger partial charge is 0.248 e. The van der Waals surface area contributed by atoms with Gasteiger partial charge in [0.1, 0.15) is 0 Å². The van der Waals surface area contributed by atoms with E-state index in [-0.39, 0.29) is 16.8 Å². The van der Waals surface area contributed by atoms with Gasteiger partial charge in [0.2, 0.25) is 15.9 Å². The van der Waals surface area contributed by atoms with Crippen LogP contribution in [0.5, 0.6) is 0 Å². The van der Waals surface area contributed by atoms with Gasteiger partial charge in [0.15, 0.2) is 0 Å². The maximum atomic E-state index is 13.4. The van der Waals surface area contributed by atoms with Gasteiger partial charge in [-0.1, -0.05) is 66.7 Å². The Balaban J connectivity index is 1.24. The highest BCUT2D eigenvalue weighted by Gasteiger charge is 2.32. The number of thiophene rings is 1. The standard InChI is InChI=1S/C30H29N3O3S2/c34-29(18-15-27-12-7-23-37-27)31-26-13-16-28(17-14-26)38(35,36)33-21-19-32(20-22-33)30(24-8-3-1-4-9-24)25-10-5-2-6-11-25/h1-18,23,30H,19-22H2,(H,31,34). The molecule has 8 heteroatoms. The number of rotatable bonds is 8. The van der Waals surface area contributed by atoms with E-state index in [9.17, 15) is 13.2 Å². The molecular weight excluding hydrogens is 514 g/mol. The van der Waals surface area contributed by atoms with Crippen LogP contribution in [0, 0.1) is 0 Å². The summed E-state index contributed by atoms with van der Waals surface area (Å²) in [6.45, 7) is 2.06. The molecule has 4 aromatic rings. The van der Waals surface area contributed by atoms with E-state index in [2.05, 4.69) is 34.5 Å². The lowest BCUT2D eigenvalue weighted by atomic mass is 9.96. The molecule has 1 N–H and O–H groups in total. The zero-order valence-corrected chi connectivity index (χ0v) is 22.4. The Bertz CT molecular complexity index is 1420. The minimum absolute atomic E-state index is 0.0685. The van der Waals surface area contributed by atoms with Crippen molar-refractivity contribution >= 4 is 39.0 Å². The fourth-order valence-corrected chi connectivity index (χ4v) is 6.71. The second-order valence-corrected chi connectivity index (χ2v) is 11.9. The molecule has 0 bridgehead atoms. The summed E-state index contributed by atoms with van der Waals surface area (Å²) in [7, 11) is -3.64. The van der Waals surface area contributed by atoms with Gasteiger partial charge >= 0.3 is 0 Å². The number of nitrogens with zero attached hydrogens (tertiary/aromatic N) is 2. The van der Waals surface area contributed by atoms with Crippen molar-refractivity contribution in [1.82, 2.24) is 9.21 Å². The molecule has 1 fully saturated rings. The van der Waals surface area contributed by atoms with Crippen molar-refractivity contribution in [2.45, 2.75) is 10.9 Å². The molecule has 1 saturated heterocycles. The van der Waals surface area contributed by atoms with E-state index < -0.39 is 10.0 Å². The highest BCUT2D eigenvalue weighted by atomic mass is 32.2. The van der Waals surface area contributed by atoms with Crippen LogP contribution in [0.4, 0.5) is 5.69 Å². The second-order valence-electron chi connectivity index (χ2n) is 9.03. The molecule has 5 rings (SSSR count). The highest BCUT2D eigenvalue weighted by molar-refractivity contribution is 7.89. The van der Waals surface area contributed by atoms with Crippen LogP contribution in [-0.4, -0.2) is 49.7 Å². The number of nitrogens with one attached hydrogen (secondary N) is 1. The molecule has 3 aromatic carbocycles. The zero-order chi connectivity index (χ0) is 26.4. The lowest BCUT2D eigenvalue weighted by Crippen LogP contribution is -2.49. The normalized spacial score (nSPS) is 15.2. The third-order valence-electron chi connectivity index (χ3n) is 6.57. The molecule has 6 nitrogen and oxygen atoms in total. The molecule has 0 radical (unpaired) electrons. The number of benzene rings is 3. The molecule has 1 amide bonds. The molecule has 1 aromatic heterocycles. The molecule has 1 aliphatic heterocycles. The van der Waals surface area contributed by atoms with Crippen molar-refractivity contribution < 1.29 is 13.2 Å². The predicted molar refractivity (Wildman–Crippen MR) is 153 cm³/mol. The fourth-order valence-electron chi connectivity index (χ4n) is 4.67. The zero-order valence-electron chi connectivity index (χ0n) is 20.8. The number of hydrogen-bond acceptors (Lipinski definition) is 5.